The van der Waals surface area contributed by atoms with Crippen molar-refractivity contribution in [3.8, 4) is 5.75 Å². The SMILES string of the molecule is CCC(=O)CC(C)c1cnc(N(CC(C)C)C2CCOCC2)c(Nc2ccc(O)cn2)c1. The minimum absolute atomic E-state index is 0.0824. The topological polar surface area (TPSA) is 87.6 Å². The maximum absolute atomic E-state index is 12.0. The molecular formula is C25H36N4O3. The van der Waals surface area contributed by atoms with Crippen LogP contribution in [0.1, 0.15) is 64.9 Å². The minimum atomic E-state index is 0.0824. The number of aromatic hydroxyl groups is 1. The van der Waals surface area contributed by atoms with E-state index in [1.54, 1.807) is 12.1 Å². The van der Waals surface area contributed by atoms with E-state index in [1.807, 2.05) is 13.1 Å². The first-order valence-electron chi connectivity index (χ1n) is 11.7. The van der Waals surface area contributed by atoms with Crippen molar-refractivity contribution in [1.29, 1.82) is 0 Å². The van der Waals surface area contributed by atoms with Crippen LogP contribution in [0.3, 0.4) is 0 Å². The number of hydrogen-bond acceptors (Lipinski definition) is 7. The summed E-state index contributed by atoms with van der Waals surface area (Å²) in [6, 6.07) is 5.81. The van der Waals surface area contributed by atoms with Crippen LogP contribution in [0.5, 0.6) is 5.75 Å². The van der Waals surface area contributed by atoms with Crippen molar-refractivity contribution in [2.24, 2.45) is 5.92 Å². The molecule has 0 bridgehead atoms. The number of carbonyl (C=O) groups is 1. The van der Waals surface area contributed by atoms with Gasteiger partial charge in [-0.1, -0.05) is 27.7 Å². The van der Waals surface area contributed by atoms with Crippen molar-refractivity contribution in [2.45, 2.75) is 65.3 Å². The summed E-state index contributed by atoms with van der Waals surface area (Å²) in [5, 5.41) is 13.0. The molecule has 3 rings (SSSR count). The van der Waals surface area contributed by atoms with Gasteiger partial charge in [-0.3, -0.25) is 4.79 Å². The lowest BCUT2D eigenvalue weighted by molar-refractivity contribution is -0.119. The molecule has 32 heavy (non-hydrogen) atoms. The summed E-state index contributed by atoms with van der Waals surface area (Å²) in [5.74, 6) is 2.45. The summed E-state index contributed by atoms with van der Waals surface area (Å²) in [5.41, 5.74) is 1.89. The molecule has 0 radical (unpaired) electrons. The predicted molar refractivity (Wildman–Crippen MR) is 128 cm³/mol. The average Bonchev–Trinajstić information content (AvgIpc) is 2.79. The summed E-state index contributed by atoms with van der Waals surface area (Å²) in [6.07, 6.45) is 6.31. The van der Waals surface area contributed by atoms with E-state index >= 15 is 0 Å². The number of aromatic nitrogens is 2. The van der Waals surface area contributed by atoms with Crippen LogP contribution in [0.2, 0.25) is 0 Å². The first-order valence-corrected chi connectivity index (χ1v) is 11.7. The fraction of sp³-hybridized carbons (Fsp3) is 0.560. The summed E-state index contributed by atoms with van der Waals surface area (Å²) in [4.78, 5) is 23.6. The average molecular weight is 441 g/mol. The molecule has 2 aromatic rings. The molecule has 1 saturated heterocycles. The number of Topliss-reactive ketones (excluding diaryl/α,β-unsaturated/α-hetero) is 1. The van der Waals surface area contributed by atoms with Gasteiger partial charge >= 0.3 is 0 Å². The zero-order valence-corrected chi connectivity index (χ0v) is 19.7. The first-order chi connectivity index (χ1) is 15.4. The fourth-order valence-corrected chi connectivity index (χ4v) is 4.06. The Kier molecular flexibility index (Phi) is 8.45. The molecule has 0 spiro atoms. The van der Waals surface area contributed by atoms with Crippen LogP contribution in [-0.4, -0.2) is 46.7 Å². The zero-order chi connectivity index (χ0) is 23.1. The second kappa shape index (κ2) is 11.3. The van der Waals surface area contributed by atoms with Crippen molar-refractivity contribution in [1.82, 2.24) is 9.97 Å². The molecule has 1 fully saturated rings. The van der Waals surface area contributed by atoms with Gasteiger partial charge in [0.1, 0.15) is 17.4 Å². The van der Waals surface area contributed by atoms with Crippen molar-refractivity contribution in [3.05, 3.63) is 36.2 Å². The van der Waals surface area contributed by atoms with Gasteiger partial charge in [-0.15, -0.1) is 0 Å². The first kappa shape index (κ1) is 24.0. The molecule has 0 aromatic carbocycles. The van der Waals surface area contributed by atoms with Crippen LogP contribution >= 0.6 is 0 Å². The highest BCUT2D eigenvalue weighted by atomic mass is 16.5. The van der Waals surface area contributed by atoms with E-state index < -0.39 is 0 Å². The highest BCUT2D eigenvalue weighted by molar-refractivity contribution is 5.79. The van der Waals surface area contributed by atoms with Crippen LogP contribution in [0.4, 0.5) is 17.3 Å². The molecule has 0 amide bonds. The molecule has 1 aliphatic rings. The van der Waals surface area contributed by atoms with E-state index in [2.05, 4.69) is 42.0 Å². The van der Waals surface area contributed by atoms with E-state index in [1.165, 1.54) is 6.20 Å². The Bertz CT molecular complexity index is 879. The van der Waals surface area contributed by atoms with Gasteiger partial charge in [-0.05, 0) is 48.4 Å². The minimum Gasteiger partial charge on any atom is -0.506 e. The van der Waals surface area contributed by atoms with Crippen LogP contribution in [0.15, 0.2) is 30.6 Å². The smallest absolute Gasteiger partial charge is 0.152 e. The molecule has 1 aliphatic heterocycles. The lowest BCUT2D eigenvalue weighted by Gasteiger charge is -2.37. The van der Waals surface area contributed by atoms with Crippen molar-refractivity contribution in [3.63, 3.8) is 0 Å². The Morgan fingerprint density at radius 2 is 1.97 bits per heavy atom. The molecule has 7 heteroatoms. The number of ether oxygens (including phenoxy) is 1. The maximum atomic E-state index is 12.0. The molecule has 2 N–H and O–H groups in total. The monoisotopic (exact) mass is 440 g/mol. The number of nitrogens with zero attached hydrogens (tertiary/aromatic N) is 3. The number of rotatable bonds is 10. The third kappa shape index (κ3) is 6.42. The largest absolute Gasteiger partial charge is 0.506 e. The number of ketones is 1. The van der Waals surface area contributed by atoms with Crippen molar-refractivity contribution in [2.75, 3.05) is 30.0 Å². The molecule has 174 valence electrons. The molecule has 1 unspecified atom stereocenters. The highest BCUT2D eigenvalue weighted by Crippen LogP contribution is 2.34. The number of carbonyl (C=O) groups excluding carboxylic acids is 1. The standard InChI is InChI=1S/C25H36N4O3/c1-5-21(30)12-18(4)19-13-23(28-24-7-6-22(31)15-26-24)25(27-14-19)29(16-17(2)3)20-8-10-32-11-9-20/h6-7,13-15,17-18,20,31H,5,8-12,16H2,1-4H3,(H,26,28). The summed E-state index contributed by atoms with van der Waals surface area (Å²) in [6.45, 7) is 10.8. The molecular weight excluding hydrogens is 404 g/mol. The van der Waals surface area contributed by atoms with E-state index in [4.69, 9.17) is 9.72 Å². The quantitative estimate of drug-likeness (QED) is 0.535. The third-order valence-electron chi connectivity index (χ3n) is 5.86. The number of nitrogens with one attached hydrogen (secondary N) is 1. The molecule has 7 nitrogen and oxygen atoms in total. The summed E-state index contributed by atoms with van der Waals surface area (Å²) < 4.78 is 5.60. The van der Waals surface area contributed by atoms with E-state index in [-0.39, 0.29) is 17.5 Å². The van der Waals surface area contributed by atoms with Crippen LogP contribution < -0.4 is 10.2 Å². The number of anilines is 3. The number of hydrogen-bond donors (Lipinski definition) is 2. The van der Waals surface area contributed by atoms with Crippen molar-refractivity contribution >= 4 is 23.1 Å². The predicted octanol–water partition coefficient (Wildman–Crippen LogP) is 5.04. The maximum Gasteiger partial charge on any atom is 0.152 e. The Hall–Kier alpha value is -2.67. The third-order valence-corrected chi connectivity index (χ3v) is 5.86. The second-order valence-corrected chi connectivity index (χ2v) is 9.05. The molecule has 0 aliphatic carbocycles. The summed E-state index contributed by atoms with van der Waals surface area (Å²) in [7, 11) is 0. The van der Waals surface area contributed by atoms with E-state index in [0.717, 1.165) is 49.7 Å². The second-order valence-electron chi connectivity index (χ2n) is 9.05. The van der Waals surface area contributed by atoms with E-state index in [0.29, 0.717) is 30.6 Å². The fourth-order valence-electron chi connectivity index (χ4n) is 4.06. The number of pyridine rings is 2. The van der Waals surface area contributed by atoms with Crippen LogP contribution in [-0.2, 0) is 9.53 Å². The van der Waals surface area contributed by atoms with E-state index in [9.17, 15) is 9.90 Å². The van der Waals surface area contributed by atoms with Crippen LogP contribution in [0, 0.1) is 5.92 Å². The molecule has 2 aromatic heterocycles. The lowest BCUT2D eigenvalue weighted by Crippen LogP contribution is -2.42. The van der Waals surface area contributed by atoms with Crippen LogP contribution in [0.25, 0.3) is 0 Å². The normalized spacial score (nSPS) is 15.5. The Labute approximate surface area is 191 Å². The molecule has 1 atom stereocenters. The Balaban J connectivity index is 1.99. The van der Waals surface area contributed by atoms with Gasteiger partial charge in [0.25, 0.3) is 0 Å². The van der Waals surface area contributed by atoms with Gasteiger partial charge in [-0.25, -0.2) is 9.97 Å². The zero-order valence-electron chi connectivity index (χ0n) is 19.7. The van der Waals surface area contributed by atoms with Gasteiger partial charge in [-0.2, -0.15) is 0 Å². The van der Waals surface area contributed by atoms with Gasteiger partial charge in [0, 0.05) is 44.8 Å². The molecule has 0 saturated carbocycles. The van der Waals surface area contributed by atoms with Crippen molar-refractivity contribution < 1.29 is 14.6 Å². The summed E-state index contributed by atoms with van der Waals surface area (Å²) >= 11 is 0. The lowest BCUT2D eigenvalue weighted by atomic mass is 9.95. The Morgan fingerprint density at radius 3 is 2.59 bits per heavy atom. The molecule has 3 heterocycles. The van der Waals surface area contributed by atoms with Gasteiger partial charge in [0.15, 0.2) is 5.82 Å². The highest BCUT2D eigenvalue weighted by Gasteiger charge is 2.26. The van der Waals surface area contributed by atoms with Gasteiger partial charge in [0.2, 0.25) is 0 Å². The van der Waals surface area contributed by atoms with Gasteiger partial charge < -0.3 is 20.1 Å². The van der Waals surface area contributed by atoms with Gasteiger partial charge in [0.05, 0.1) is 11.9 Å². The Morgan fingerprint density at radius 1 is 1.22 bits per heavy atom.